The van der Waals surface area contributed by atoms with Crippen LogP contribution >= 0.6 is 12.4 Å². The largest absolute Gasteiger partial charge is 0.336 e. The van der Waals surface area contributed by atoms with Gasteiger partial charge in [0.1, 0.15) is 0 Å². The molecule has 2 rings (SSSR count). The van der Waals surface area contributed by atoms with E-state index in [2.05, 4.69) is 10.3 Å². The monoisotopic (exact) mass is 294 g/mol. The number of nitrogens with zero attached hydrogens (tertiary/aromatic N) is 3. The highest BCUT2D eigenvalue weighted by atomic mass is 35.5. The van der Waals surface area contributed by atoms with E-state index in [-0.39, 0.29) is 23.5 Å². The van der Waals surface area contributed by atoms with E-state index in [4.69, 9.17) is 0 Å². The number of aryl methyl sites for hydroxylation is 1. The maximum absolute atomic E-state index is 12.3. The zero-order chi connectivity index (χ0) is 12.5. The Morgan fingerprint density at radius 2 is 2.28 bits per heavy atom. The fourth-order valence-corrected chi connectivity index (χ4v) is 3.51. The van der Waals surface area contributed by atoms with E-state index in [1.807, 2.05) is 13.8 Å². The normalized spacial score (nSPS) is 21.6. The first-order valence-electron chi connectivity index (χ1n) is 5.80. The lowest BCUT2D eigenvalue weighted by Crippen LogP contribution is -2.52. The average Bonchev–Trinajstić information content (AvgIpc) is 2.78. The molecule has 0 aliphatic carbocycles. The van der Waals surface area contributed by atoms with Crippen LogP contribution in [0.15, 0.2) is 17.6 Å². The number of sulfonamides is 1. The lowest BCUT2D eigenvalue weighted by Gasteiger charge is -2.32. The minimum atomic E-state index is -3.44. The lowest BCUT2D eigenvalue weighted by atomic mass is 10.3. The second kappa shape index (κ2) is 6.01. The standard InChI is InChI=1S/C10H18N4O2S.ClH/c1-3-13-7-10(12-8-13)17(15,16)14-5-4-11-6-9(14)2;/h7-9,11H,3-6H2,1-2H3;1H/t9-;/m0./s1. The molecule has 0 amide bonds. The van der Waals surface area contributed by atoms with Crippen LogP contribution in [-0.4, -0.2) is 48.0 Å². The van der Waals surface area contributed by atoms with E-state index in [0.29, 0.717) is 19.6 Å². The van der Waals surface area contributed by atoms with Crippen LogP contribution in [0.3, 0.4) is 0 Å². The van der Waals surface area contributed by atoms with Crippen LogP contribution in [0, 0.1) is 0 Å². The second-order valence-corrected chi connectivity index (χ2v) is 6.05. The quantitative estimate of drug-likeness (QED) is 0.871. The van der Waals surface area contributed by atoms with Gasteiger partial charge in [-0.15, -0.1) is 12.4 Å². The van der Waals surface area contributed by atoms with Crippen molar-refractivity contribution in [3.63, 3.8) is 0 Å². The molecule has 1 aliphatic rings. The Hall–Kier alpha value is -0.630. The topological polar surface area (TPSA) is 67.2 Å². The van der Waals surface area contributed by atoms with Crippen LogP contribution < -0.4 is 5.32 Å². The summed E-state index contributed by atoms with van der Waals surface area (Å²) in [7, 11) is -3.44. The second-order valence-electron chi connectivity index (χ2n) is 4.21. The molecule has 1 aliphatic heterocycles. The Morgan fingerprint density at radius 3 is 2.83 bits per heavy atom. The molecule has 1 saturated heterocycles. The van der Waals surface area contributed by atoms with E-state index >= 15 is 0 Å². The lowest BCUT2D eigenvalue weighted by molar-refractivity contribution is 0.283. The first kappa shape index (κ1) is 15.4. The number of rotatable bonds is 3. The zero-order valence-corrected chi connectivity index (χ0v) is 12.2. The summed E-state index contributed by atoms with van der Waals surface area (Å²) < 4.78 is 28.0. The molecular formula is C10H19ClN4O2S. The third kappa shape index (κ3) is 2.85. The summed E-state index contributed by atoms with van der Waals surface area (Å²) in [5, 5.41) is 3.32. The van der Waals surface area contributed by atoms with Gasteiger partial charge in [0.25, 0.3) is 10.0 Å². The van der Waals surface area contributed by atoms with Crippen molar-refractivity contribution in [2.24, 2.45) is 0 Å². The minimum Gasteiger partial charge on any atom is -0.336 e. The number of hydrogen-bond donors (Lipinski definition) is 1. The predicted octanol–water partition coefficient (Wildman–Crippen LogP) is 0.307. The summed E-state index contributed by atoms with van der Waals surface area (Å²) in [5.74, 6) is 0. The molecule has 0 unspecified atom stereocenters. The van der Waals surface area contributed by atoms with Gasteiger partial charge in [0.15, 0.2) is 5.03 Å². The SMILES string of the molecule is CCn1cnc(S(=O)(=O)N2CCNC[C@@H]2C)c1.Cl. The summed E-state index contributed by atoms with van der Waals surface area (Å²) in [5.41, 5.74) is 0. The highest BCUT2D eigenvalue weighted by Crippen LogP contribution is 2.17. The highest BCUT2D eigenvalue weighted by molar-refractivity contribution is 7.89. The number of aromatic nitrogens is 2. The highest BCUT2D eigenvalue weighted by Gasteiger charge is 2.32. The molecule has 2 heterocycles. The first-order valence-corrected chi connectivity index (χ1v) is 7.24. The number of piperazine rings is 1. The summed E-state index contributed by atoms with van der Waals surface area (Å²) in [4.78, 5) is 3.98. The zero-order valence-electron chi connectivity index (χ0n) is 10.5. The predicted molar refractivity (Wildman–Crippen MR) is 71.4 cm³/mol. The van der Waals surface area contributed by atoms with E-state index in [1.165, 1.54) is 4.31 Å². The van der Waals surface area contributed by atoms with Gasteiger partial charge in [0, 0.05) is 38.4 Å². The van der Waals surface area contributed by atoms with E-state index in [0.717, 1.165) is 6.54 Å². The Bertz CT molecular complexity index is 488. The van der Waals surface area contributed by atoms with Crippen molar-refractivity contribution in [3.8, 4) is 0 Å². The van der Waals surface area contributed by atoms with Crippen molar-refractivity contribution in [1.29, 1.82) is 0 Å². The minimum absolute atomic E-state index is 0. The van der Waals surface area contributed by atoms with Crippen molar-refractivity contribution < 1.29 is 8.42 Å². The van der Waals surface area contributed by atoms with Gasteiger partial charge < -0.3 is 9.88 Å². The summed E-state index contributed by atoms with van der Waals surface area (Å²) in [6.07, 6.45) is 3.14. The number of halogens is 1. The van der Waals surface area contributed by atoms with Crippen molar-refractivity contribution >= 4 is 22.4 Å². The molecular weight excluding hydrogens is 276 g/mol. The maximum atomic E-state index is 12.3. The van der Waals surface area contributed by atoms with Gasteiger partial charge in [0.2, 0.25) is 0 Å². The van der Waals surface area contributed by atoms with E-state index in [1.54, 1.807) is 17.1 Å². The van der Waals surface area contributed by atoms with Gasteiger partial charge in [0.05, 0.1) is 6.33 Å². The van der Waals surface area contributed by atoms with Gasteiger partial charge in [-0.25, -0.2) is 13.4 Å². The van der Waals surface area contributed by atoms with Crippen LogP contribution in [0.25, 0.3) is 0 Å². The van der Waals surface area contributed by atoms with E-state index < -0.39 is 10.0 Å². The van der Waals surface area contributed by atoms with Crippen molar-refractivity contribution in [2.45, 2.75) is 31.5 Å². The molecule has 1 atom stereocenters. The summed E-state index contributed by atoms with van der Waals surface area (Å²) >= 11 is 0. The molecule has 1 aromatic heterocycles. The van der Waals surface area contributed by atoms with Gasteiger partial charge in [-0.1, -0.05) is 0 Å². The fourth-order valence-electron chi connectivity index (χ4n) is 1.95. The van der Waals surface area contributed by atoms with Gasteiger partial charge in [-0.05, 0) is 13.8 Å². The van der Waals surface area contributed by atoms with Gasteiger partial charge >= 0.3 is 0 Å². The molecule has 1 fully saturated rings. The summed E-state index contributed by atoms with van der Waals surface area (Å²) in [6.45, 7) is 6.46. The first-order chi connectivity index (χ1) is 8.05. The van der Waals surface area contributed by atoms with Crippen LogP contribution in [-0.2, 0) is 16.6 Å². The molecule has 0 spiro atoms. The van der Waals surface area contributed by atoms with E-state index in [9.17, 15) is 8.42 Å². The molecule has 18 heavy (non-hydrogen) atoms. The molecule has 0 radical (unpaired) electrons. The van der Waals surface area contributed by atoms with Crippen LogP contribution in [0.2, 0.25) is 0 Å². The molecule has 104 valence electrons. The third-order valence-electron chi connectivity index (χ3n) is 2.99. The van der Waals surface area contributed by atoms with Crippen LogP contribution in [0.1, 0.15) is 13.8 Å². The fraction of sp³-hybridized carbons (Fsp3) is 0.700. The Labute approximate surface area is 114 Å². The van der Waals surface area contributed by atoms with Crippen LogP contribution in [0.5, 0.6) is 0 Å². The van der Waals surface area contributed by atoms with Crippen molar-refractivity contribution in [2.75, 3.05) is 19.6 Å². The van der Waals surface area contributed by atoms with Crippen molar-refractivity contribution in [3.05, 3.63) is 12.5 Å². The molecule has 8 heteroatoms. The Balaban J connectivity index is 0.00000162. The van der Waals surface area contributed by atoms with Crippen molar-refractivity contribution in [1.82, 2.24) is 19.2 Å². The Morgan fingerprint density at radius 1 is 1.56 bits per heavy atom. The molecule has 1 aromatic rings. The molecule has 1 N–H and O–H groups in total. The van der Waals surface area contributed by atoms with Gasteiger partial charge in [-0.2, -0.15) is 4.31 Å². The Kier molecular flexibility index (Phi) is 5.15. The smallest absolute Gasteiger partial charge is 0.262 e. The third-order valence-corrected chi connectivity index (χ3v) is 4.89. The molecule has 0 bridgehead atoms. The number of hydrogen-bond acceptors (Lipinski definition) is 4. The van der Waals surface area contributed by atoms with Gasteiger partial charge in [-0.3, -0.25) is 0 Å². The molecule has 0 aromatic carbocycles. The number of nitrogens with one attached hydrogen (secondary N) is 1. The summed E-state index contributed by atoms with van der Waals surface area (Å²) in [6, 6.07) is -0.0273. The maximum Gasteiger partial charge on any atom is 0.262 e. The number of imidazole rings is 1. The van der Waals surface area contributed by atoms with Crippen LogP contribution in [0.4, 0.5) is 0 Å². The molecule has 6 nitrogen and oxygen atoms in total. The molecule has 0 saturated carbocycles. The average molecular weight is 295 g/mol.